The molecular weight excluding hydrogens is 343 g/mol. The largest absolute Gasteiger partial charge is 0.425 e. The standard InChI is InChI=1S/C15H14F3N3S2/c1-4-22-10-6-11(15(16,17)18)23-12(10)14-20-9-5-8(2)7-19-13(9)21(14)3/h5-7H,4H2,1-3H3. The van der Waals surface area contributed by atoms with Crippen molar-refractivity contribution in [1.29, 1.82) is 0 Å². The molecule has 0 saturated heterocycles. The van der Waals surface area contributed by atoms with Crippen molar-refractivity contribution in [1.82, 2.24) is 14.5 Å². The molecule has 3 rings (SSSR count). The molecule has 0 bridgehead atoms. The Bertz CT molecular complexity index is 865. The summed E-state index contributed by atoms with van der Waals surface area (Å²) in [6.07, 6.45) is -2.61. The van der Waals surface area contributed by atoms with Crippen LogP contribution in [-0.4, -0.2) is 20.3 Å². The minimum atomic E-state index is -4.34. The molecule has 0 N–H and O–H groups in total. The predicted molar refractivity (Wildman–Crippen MR) is 88.0 cm³/mol. The second-order valence-corrected chi connectivity index (χ2v) is 7.44. The highest BCUT2D eigenvalue weighted by molar-refractivity contribution is 7.99. The van der Waals surface area contributed by atoms with Crippen LogP contribution in [0, 0.1) is 6.92 Å². The molecule has 0 radical (unpaired) electrons. The van der Waals surface area contributed by atoms with Crippen LogP contribution in [0.15, 0.2) is 23.2 Å². The van der Waals surface area contributed by atoms with Crippen LogP contribution in [0.5, 0.6) is 0 Å². The number of thiophene rings is 1. The highest BCUT2D eigenvalue weighted by atomic mass is 32.2. The number of hydrogen-bond acceptors (Lipinski definition) is 4. The maximum Gasteiger partial charge on any atom is 0.425 e. The topological polar surface area (TPSA) is 30.7 Å². The van der Waals surface area contributed by atoms with Gasteiger partial charge in [0.1, 0.15) is 10.4 Å². The number of imidazole rings is 1. The molecule has 0 aliphatic carbocycles. The average Bonchev–Trinajstić information content (AvgIpc) is 3.01. The van der Waals surface area contributed by atoms with Crippen molar-refractivity contribution < 1.29 is 13.2 Å². The molecule has 3 aromatic heterocycles. The van der Waals surface area contributed by atoms with Gasteiger partial charge in [0, 0.05) is 18.1 Å². The van der Waals surface area contributed by atoms with Gasteiger partial charge < -0.3 is 4.57 Å². The Morgan fingerprint density at radius 2 is 2.04 bits per heavy atom. The van der Waals surface area contributed by atoms with Gasteiger partial charge in [0.25, 0.3) is 0 Å². The molecule has 8 heteroatoms. The lowest BCUT2D eigenvalue weighted by atomic mass is 10.3. The summed E-state index contributed by atoms with van der Waals surface area (Å²) in [5.41, 5.74) is 2.32. The molecule has 3 aromatic rings. The third-order valence-corrected chi connectivity index (χ3v) is 5.55. The van der Waals surface area contributed by atoms with E-state index in [0.29, 0.717) is 32.5 Å². The number of pyridine rings is 1. The molecule has 23 heavy (non-hydrogen) atoms. The average molecular weight is 357 g/mol. The van der Waals surface area contributed by atoms with Gasteiger partial charge >= 0.3 is 6.18 Å². The molecule has 0 atom stereocenters. The Morgan fingerprint density at radius 3 is 2.70 bits per heavy atom. The van der Waals surface area contributed by atoms with Crippen LogP contribution in [0.2, 0.25) is 0 Å². The lowest BCUT2D eigenvalue weighted by Crippen LogP contribution is -2.00. The summed E-state index contributed by atoms with van der Waals surface area (Å²) in [5, 5.41) is 0. The van der Waals surface area contributed by atoms with E-state index in [1.165, 1.54) is 17.8 Å². The lowest BCUT2D eigenvalue weighted by Gasteiger charge is -2.02. The Kier molecular flexibility index (Phi) is 4.14. The van der Waals surface area contributed by atoms with E-state index in [1.54, 1.807) is 17.8 Å². The van der Waals surface area contributed by atoms with Gasteiger partial charge in [-0.05, 0) is 30.4 Å². The number of hydrogen-bond donors (Lipinski definition) is 0. The van der Waals surface area contributed by atoms with Crippen LogP contribution in [0.3, 0.4) is 0 Å². The minimum absolute atomic E-state index is 0.523. The van der Waals surface area contributed by atoms with E-state index < -0.39 is 11.1 Å². The van der Waals surface area contributed by atoms with Crippen LogP contribution >= 0.6 is 23.1 Å². The molecule has 3 heterocycles. The van der Waals surface area contributed by atoms with Crippen molar-refractivity contribution in [2.24, 2.45) is 7.05 Å². The number of fused-ring (bicyclic) bond motifs is 1. The fourth-order valence-corrected chi connectivity index (χ4v) is 4.37. The molecule has 0 aromatic carbocycles. The zero-order chi connectivity index (χ0) is 16.8. The van der Waals surface area contributed by atoms with Crippen molar-refractivity contribution in [2.45, 2.75) is 24.9 Å². The molecule has 0 amide bonds. The summed E-state index contributed by atoms with van der Waals surface area (Å²) < 4.78 is 40.9. The first-order chi connectivity index (χ1) is 10.8. The maximum absolute atomic E-state index is 13.1. The zero-order valence-electron chi connectivity index (χ0n) is 12.7. The molecule has 122 valence electrons. The van der Waals surface area contributed by atoms with Gasteiger partial charge in [0.15, 0.2) is 11.5 Å². The van der Waals surface area contributed by atoms with Crippen molar-refractivity contribution in [3.8, 4) is 10.7 Å². The summed E-state index contributed by atoms with van der Waals surface area (Å²) in [5.74, 6) is 1.22. The van der Waals surface area contributed by atoms with E-state index in [1.807, 2.05) is 19.9 Å². The van der Waals surface area contributed by atoms with E-state index >= 15 is 0 Å². The van der Waals surface area contributed by atoms with E-state index in [4.69, 9.17) is 0 Å². The van der Waals surface area contributed by atoms with Crippen LogP contribution < -0.4 is 0 Å². The normalized spacial score (nSPS) is 12.3. The van der Waals surface area contributed by atoms with Crippen molar-refractivity contribution in [3.63, 3.8) is 0 Å². The second-order valence-electron chi connectivity index (χ2n) is 5.08. The molecule has 0 unspecified atom stereocenters. The number of nitrogens with zero attached hydrogens (tertiary/aromatic N) is 3. The van der Waals surface area contributed by atoms with Gasteiger partial charge in [-0.15, -0.1) is 23.1 Å². The Balaban J connectivity index is 2.21. The summed E-state index contributed by atoms with van der Waals surface area (Å²) >= 11 is 2.13. The van der Waals surface area contributed by atoms with Gasteiger partial charge in [-0.25, -0.2) is 9.97 Å². The summed E-state index contributed by atoms with van der Waals surface area (Å²) in [7, 11) is 1.78. The first-order valence-corrected chi connectivity index (χ1v) is 8.74. The number of aryl methyl sites for hydroxylation is 2. The Morgan fingerprint density at radius 1 is 1.30 bits per heavy atom. The number of halogens is 3. The van der Waals surface area contributed by atoms with E-state index in [2.05, 4.69) is 9.97 Å². The van der Waals surface area contributed by atoms with Crippen molar-refractivity contribution >= 4 is 34.3 Å². The smallest absolute Gasteiger partial charge is 0.311 e. The third-order valence-electron chi connectivity index (χ3n) is 3.33. The molecule has 0 spiro atoms. The molecular formula is C15H14F3N3S2. The number of thioether (sulfide) groups is 1. The highest BCUT2D eigenvalue weighted by Gasteiger charge is 2.34. The van der Waals surface area contributed by atoms with E-state index in [0.717, 1.165) is 16.9 Å². The summed E-state index contributed by atoms with van der Waals surface area (Å²) in [6, 6.07) is 3.10. The highest BCUT2D eigenvalue weighted by Crippen LogP contribution is 2.44. The monoisotopic (exact) mass is 357 g/mol. The van der Waals surface area contributed by atoms with Crippen LogP contribution in [-0.2, 0) is 13.2 Å². The van der Waals surface area contributed by atoms with Crippen LogP contribution in [0.25, 0.3) is 21.9 Å². The van der Waals surface area contributed by atoms with Crippen molar-refractivity contribution in [3.05, 3.63) is 28.8 Å². The van der Waals surface area contributed by atoms with Crippen LogP contribution in [0.1, 0.15) is 17.4 Å². The van der Waals surface area contributed by atoms with E-state index in [9.17, 15) is 13.2 Å². The molecule has 3 nitrogen and oxygen atoms in total. The van der Waals surface area contributed by atoms with Gasteiger partial charge in [0.05, 0.1) is 4.88 Å². The Hall–Kier alpha value is -1.54. The lowest BCUT2D eigenvalue weighted by molar-refractivity contribution is -0.134. The molecule has 0 aliphatic heterocycles. The second kappa shape index (κ2) is 5.83. The fourth-order valence-electron chi connectivity index (χ4n) is 2.31. The van der Waals surface area contributed by atoms with Crippen LogP contribution in [0.4, 0.5) is 13.2 Å². The fraction of sp³-hybridized carbons (Fsp3) is 0.333. The zero-order valence-corrected chi connectivity index (χ0v) is 14.4. The number of alkyl halides is 3. The summed E-state index contributed by atoms with van der Waals surface area (Å²) in [4.78, 5) is 9.40. The maximum atomic E-state index is 13.1. The number of rotatable bonds is 3. The SMILES string of the molecule is CCSc1cc(C(F)(F)F)sc1-c1nc2cc(C)cnc2n1C. The third kappa shape index (κ3) is 2.97. The van der Waals surface area contributed by atoms with Crippen molar-refractivity contribution in [2.75, 3.05) is 5.75 Å². The number of aromatic nitrogens is 3. The quantitative estimate of drug-likeness (QED) is 0.609. The first-order valence-electron chi connectivity index (χ1n) is 6.94. The molecule has 0 aliphatic rings. The van der Waals surface area contributed by atoms with Gasteiger partial charge in [-0.3, -0.25) is 0 Å². The predicted octanol–water partition coefficient (Wildman–Crippen LogP) is 5.14. The minimum Gasteiger partial charge on any atom is -0.311 e. The first kappa shape index (κ1) is 16.3. The van der Waals surface area contributed by atoms with Gasteiger partial charge in [-0.2, -0.15) is 13.2 Å². The molecule has 0 fully saturated rings. The Labute approximate surface area is 139 Å². The summed E-state index contributed by atoms with van der Waals surface area (Å²) in [6.45, 7) is 3.82. The van der Waals surface area contributed by atoms with E-state index in [-0.39, 0.29) is 0 Å². The van der Waals surface area contributed by atoms with Gasteiger partial charge in [0.2, 0.25) is 0 Å². The van der Waals surface area contributed by atoms with Gasteiger partial charge in [-0.1, -0.05) is 6.92 Å². The molecule has 0 saturated carbocycles.